The molecule has 0 fully saturated rings. The summed E-state index contributed by atoms with van der Waals surface area (Å²) in [5.41, 5.74) is 2.39. The Bertz CT molecular complexity index is 679. The molecule has 0 bridgehead atoms. The molecular weight excluding hydrogens is 340 g/mol. The van der Waals surface area contributed by atoms with E-state index in [4.69, 9.17) is 9.47 Å². The molecule has 1 atom stereocenters. The molecule has 0 heterocycles. The average molecular weight is 373 g/mol. The lowest BCUT2D eigenvalue weighted by Gasteiger charge is -2.27. The standard InChI is InChI=1S/C22H32N2O3/c1-5-24(15-19-11-12-21(26-3)22(13-19)27-4)17-20(25)16-23(2)14-18-9-7-6-8-10-18/h6-13,20,25H,5,14-17H2,1-4H3/t20-/m0/s1. The van der Waals surface area contributed by atoms with Gasteiger partial charge in [-0.3, -0.25) is 9.80 Å². The molecule has 2 aromatic carbocycles. The van der Waals surface area contributed by atoms with Crippen molar-refractivity contribution in [1.82, 2.24) is 9.80 Å². The maximum Gasteiger partial charge on any atom is 0.161 e. The summed E-state index contributed by atoms with van der Waals surface area (Å²) in [5.74, 6) is 1.46. The molecule has 0 aliphatic carbocycles. The fourth-order valence-electron chi connectivity index (χ4n) is 3.22. The lowest BCUT2D eigenvalue weighted by Crippen LogP contribution is -2.38. The first-order valence-electron chi connectivity index (χ1n) is 9.39. The van der Waals surface area contributed by atoms with Crippen LogP contribution in [0.1, 0.15) is 18.1 Å². The van der Waals surface area contributed by atoms with Crippen molar-refractivity contribution in [3.8, 4) is 11.5 Å². The minimum Gasteiger partial charge on any atom is -0.493 e. The second-order valence-electron chi connectivity index (χ2n) is 6.85. The Morgan fingerprint density at radius 2 is 1.59 bits per heavy atom. The van der Waals surface area contributed by atoms with Gasteiger partial charge in [0.15, 0.2) is 11.5 Å². The molecular formula is C22H32N2O3. The van der Waals surface area contributed by atoms with E-state index in [9.17, 15) is 5.11 Å². The van der Waals surface area contributed by atoms with E-state index in [-0.39, 0.29) is 0 Å². The largest absolute Gasteiger partial charge is 0.493 e. The number of benzene rings is 2. The third-order valence-corrected chi connectivity index (χ3v) is 4.59. The van der Waals surface area contributed by atoms with Crippen LogP contribution in [0.15, 0.2) is 48.5 Å². The van der Waals surface area contributed by atoms with Crippen molar-refractivity contribution in [2.45, 2.75) is 26.1 Å². The number of rotatable bonds is 11. The van der Waals surface area contributed by atoms with Crippen molar-refractivity contribution in [3.05, 3.63) is 59.7 Å². The highest BCUT2D eigenvalue weighted by molar-refractivity contribution is 5.42. The summed E-state index contributed by atoms with van der Waals surface area (Å²) >= 11 is 0. The number of methoxy groups -OCH3 is 2. The highest BCUT2D eigenvalue weighted by atomic mass is 16.5. The van der Waals surface area contributed by atoms with Crippen LogP contribution in [0.2, 0.25) is 0 Å². The van der Waals surface area contributed by atoms with E-state index in [1.165, 1.54) is 5.56 Å². The number of likely N-dealkylation sites (N-methyl/N-ethyl adjacent to an activating group) is 2. The fraction of sp³-hybridized carbons (Fsp3) is 0.455. The molecule has 5 heteroatoms. The van der Waals surface area contributed by atoms with Crippen molar-refractivity contribution in [1.29, 1.82) is 0 Å². The summed E-state index contributed by atoms with van der Waals surface area (Å²) in [7, 11) is 5.32. The normalized spacial score (nSPS) is 12.4. The smallest absolute Gasteiger partial charge is 0.161 e. The van der Waals surface area contributed by atoms with Gasteiger partial charge < -0.3 is 14.6 Å². The van der Waals surface area contributed by atoms with Gasteiger partial charge >= 0.3 is 0 Å². The van der Waals surface area contributed by atoms with Crippen molar-refractivity contribution in [2.24, 2.45) is 0 Å². The van der Waals surface area contributed by atoms with Crippen molar-refractivity contribution < 1.29 is 14.6 Å². The minimum absolute atomic E-state index is 0.404. The van der Waals surface area contributed by atoms with Gasteiger partial charge in [0, 0.05) is 26.2 Å². The minimum atomic E-state index is -0.404. The van der Waals surface area contributed by atoms with Gasteiger partial charge in [0.1, 0.15) is 0 Å². The Kier molecular flexibility index (Phi) is 8.58. The van der Waals surface area contributed by atoms with Gasteiger partial charge in [-0.15, -0.1) is 0 Å². The Morgan fingerprint density at radius 3 is 2.22 bits per heavy atom. The number of nitrogens with zero attached hydrogens (tertiary/aromatic N) is 2. The van der Waals surface area contributed by atoms with E-state index in [0.29, 0.717) is 13.1 Å². The summed E-state index contributed by atoms with van der Waals surface area (Å²) in [6.45, 7) is 5.84. The summed E-state index contributed by atoms with van der Waals surface area (Å²) in [5, 5.41) is 10.5. The molecule has 148 valence electrons. The van der Waals surface area contributed by atoms with Crippen LogP contribution < -0.4 is 9.47 Å². The van der Waals surface area contributed by atoms with Crippen LogP contribution in [0.25, 0.3) is 0 Å². The van der Waals surface area contributed by atoms with E-state index in [1.54, 1.807) is 14.2 Å². The van der Waals surface area contributed by atoms with E-state index in [2.05, 4.69) is 28.9 Å². The van der Waals surface area contributed by atoms with Gasteiger partial charge in [-0.2, -0.15) is 0 Å². The molecule has 5 nitrogen and oxygen atoms in total. The Labute approximate surface area is 163 Å². The molecule has 0 aliphatic heterocycles. The Morgan fingerprint density at radius 1 is 0.889 bits per heavy atom. The number of hydrogen-bond acceptors (Lipinski definition) is 5. The monoisotopic (exact) mass is 372 g/mol. The third kappa shape index (κ3) is 6.86. The van der Waals surface area contributed by atoms with Gasteiger partial charge in [-0.25, -0.2) is 0 Å². The molecule has 1 N–H and O–H groups in total. The predicted octanol–water partition coefficient (Wildman–Crippen LogP) is 3.02. The first kappa shape index (κ1) is 21.2. The van der Waals surface area contributed by atoms with Crippen molar-refractivity contribution in [2.75, 3.05) is 40.9 Å². The zero-order valence-electron chi connectivity index (χ0n) is 16.9. The van der Waals surface area contributed by atoms with Gasteiger partial charge in [0.2, 0.25) is 0 Å². The van der Waals surface area contributed by atoms with E-state index >= 15 is 0 Å². The van der Waals surface area contributed by atoms with Gasteiger partial charge in [-0.05, 0) is 36.9 Å². The summed E-state index contributed by atoms with van der Waals surface area (Å²) in [6.07, 6.45) is -0.404. The van der Waals surface area contributed by atoms with E-state index in [1.807, 2.05) is 43.4 Å². The molecule has 2 aromatic rings. The van der Waals surface area contributed by atoms with Crippen LogP contribution in [-0.4, -0.2) is 61.9 Å². The molecule has 0 unspecified atom stereocenters. The average Bonchev–Trinajstić information content (AvgIpc) is 2.67. The second kappa shape index (κ2) is 10.9. The molecule has 0 saturated heterocycles. The molecule has 27 heavy (non-hydrogen) atoms. The first-order valence-corrected chi connectivity index (χ1v) is 9.39. The Hall–Kier alpha value is -2.08. The molecule has 0 radical (unpaired) electrons. The zero-order valence-corrected chi connectivity index (χ0v) is 16.9. The maximum atomic E-state index is 10.5. The number of ether oxygens (including phenoxy) is 2. The van der Waals surface area contributed by atoms with Crippen LogP contribution >= 0.6 is 0 Å². The van der Waals surface area contributed by atoms with Crippen LogP contribution in [0.4, 0.5) is 0 Å². The predicted molar refractivity (Wildman–Crippen MR) is 109 cm³/mol. The van der Waals surface area contributed by atoms with Crippen LogP contribution in [0, 0.1) is 0 Å². The van der Waals surface area contributed by atoms with E-state index < -0.39 is 6.10 Å². The molecule has 0 aliphatic rings. The molecule has 2 rings (SSSR count). The summed E-state index contributed by atoms with van der Waals surface area (Å²) < 4.78 is 10.7. The summed E-state index contributed by atoms with van der Waals surface area (Å²) in [6, 6.07) is 16.3. The van der Waals surface area contributed by atoms with Crippen molar-refractivity contribution in [3.63, 3.8) is 0 Å². The number of aliphatic hydroxyl groups is 1. The second-order valence-corrected chi connectivity index (χ2v) is 6.85. The highest BCUT2D eigenvalue weighted by Gasteiger charge is 2.14. The van der Waals surface area contributed by atoms with Gasteiger partial charge in [0.25, 0.3) is 0 Å². The van der Waals surface area contributed by atoms with E-state index in [0.717, 1.165) is 36.7 Å². The van der Waals surface area contributed by atoms with Crippen LogP contribution in [-0.2, 0) is 13.1 Å². The molecule has 0 aromatic heterocycles. The maximum absolute atomic E-state index is 10.5. The Balaban J connectivity index is 1.88. The zero-order chi connectivity index (χ0) is 19.6. The summed E-state index contributed by atoms with van der Waals surface area (Å²) in [4.78, 5) is 4.40. The number of aliphatic hydroxyl groups excluding tert-OH is 1. The van der Waals surface area contributed by atoms with Crippen molar-refractivity contribution >= 4 is 0 Å². The third-order valence-electron chi connectivity index (χ3n) is 4.59. The fourth-order valence-corrected chi connectivity index (χ4v) is 3.22. The molecule has 0 amide bonds. The lowest BCUT2D eigenvalue weighted by atomic mass is 10.1. The first-order chi connectivity index (χ1) is 13.0. The lowest BCUT2D eigenvalue weighted by molar-refractivity contribution is 0.0791. The van der Waals surface area contributed by atoms with Gasteiger partial charge in [0.05, 0.1) is 20.3 Å². The molecule has 0 spiro atoms. The van der Waals surface area contributed by atoms with Crippen LogP contribution in [0.3, 0.4) is 0 Å². The van der Waals surface area contributed by atoms with Crippen LogP contribution in [0.5, 0.6) is 11.5 Å². The SMILES string of the molecule is CCN(Cc1ccc(OC)c(OC)c1)C[C@@H](O)CN(C)Cc1ccccc1. The number of hydrogen-bond donors (Lipinski definition) is 1. The molecule has 0 saturated carbocycles. The highest BCUT2D eigenvalue weighted by Crippen LogP contribution is 2.28. The quantitative estimate of drug-likeness (QED) is 0.657. The van der Waals surface area contributed by atoms with Gasteiger partial charge in [-0.1, -0.05) is 43.3 Å². The topological polar surface area (TPSA) is 45.2 Å².